The molecule has 2 aliphatic heterocycles. The largest absolute Gasteiger partial charge is 0.350 e. The SMILES string of the molecule is COC12OC1C21CCNC1. The van der Waals surface area contributed by atoms with Crippen LogP contribution in [0.25, 0.3) is 0 Å². The van der Waals surface area contributed by atoms with E-state index in [1.165, 1.54) is 6.42 Å². The van der Waals surface area contributed by atoms with Crippen molar-refractivity contribution in [2.24, 2.45) is 5.41 Å². The summed E-state index contributed by atoms with van der Waals surface area (Å²) in [5, 5.41) is 3.33. The van der Waals surface area contributed by atoms with Crippen LogP contribution in [0, 0.1) is 5.41 Å². The summed E-state index contributed by atoms with van der Waals surface area (Å²) >= 11 is 0. The maximum atomic E-state index is 5.32. The molecule has 3 unspecified atom stereocenters. The Kier molecular flexibility index (Phi) is 0.698. The molecule has 1 saturated carbocycles. The van der Waals surface area contributed by atoms with E-state index in [1.54, 1.807) is 7.11 Å². The van der Waals surface area contributed by atoms with E-state index in [2.05, 4.69) is 5.32 Å². The van der Waals surface area contributed by atoms with Gasteiger partial charge in [-0.25, -0.2) is 0 Å². The van der Waals surface area contributed by atoms with Gasteiger partial charge in [-0.15, -0.1) is 0 Å². The zero-order valence-electron chi connectivity index (χ0n) is 6.02. The smallest absolute Gasteiger partial charge is 0.205 e. The van der Waals surface area contributed by atoms with E-state index in [0.717, 1.165) is 13.1 Å². The number of hydrogen-bond acceptors (Lipinski definition) is 3. The van der Waals surface area contributed by atoms with E-state index in [-0.39, 0.29) is 5.79 Å². The highest BCUT2D eigenvalue weighted by molar-refractivity contribution is 5.34. The Balaban J connectivity index is 1.87. The van der Waals surface area contributed by atoms with Crippen molar-refractivity contribution < 1.29 is 9.47 Å². The summed E-state index contributed by atoms with van der Waals surface area (Å²) in [4.78, 5) is 0. The maximum Gasteiger partial charge on any atom is 0.205 e. The summed E-state index contributed by atoms with van der Waals surface area (Å²) in [6.45, 7) is 2.22. The molecule has 2 saturated heterocycles. The fraction of sp³-hybridized carbons (Fsp3) is 1.00. The molecule has 56 valence electrons. The van der Waals surface area contributed by atoms with Crippen molar-refractivity contribution in [1.82, 2.24) is 5.32 Å². The molecule has 1 spiro atoms. The van der Waals surface area contributed by atoms with E-state index in [0.29, 0.717) is 11.5 Å². The second kappa shape index (κ2) is 1.26. The molecule has 0 aromatic carbocycles. The van der Waals surface area contributed by atoms with Crippen molar-refractivity contribution in [2.75, 3.05) is 20.2 Å². The summed E-state index contributed by atoms with van der Waals surface area (Å²) < 4.78 is 10.6. The summed E-state index contributed by atoms with van der Waals surface area (Å²) in [5.74, 6) is -0.128. The Morgan fingerprint density at radius 1 is 1.70 bits per heavy atom. The number of methoxy groups -OCH3 is 1. The highest BCUT2D eigenvalue weighted by atomic mass is 16.8. The first kappa shape index (κ1) is 5.52. The zero-order chi connectivity index (χ0) is 6.82. The van der Waals surface area contributed by atoms with Crippen molar-refractivity contribution >= 4 is 0 Å². The van der Waals surface area contributed by atoms with Gasteiger partial charge in [0.25, 0.3) is 0 Å². The topological polar surface area (TPSA) is 33.8 Å². The summed E-state index contributed by atoms with van der Waals surface area (Å²) in [5.41, 5.74) is 0.391. The lowest BCUT2D eigenvalue weighted by Gasteiger charge is -2.16. The Labute approximate surface area is 59.7 Å². The van der Waals surface area contributed by atoms with Gasteiger partial charge in [0, 0.05) is 13.7 Å². The molecule has 1 N–H and O–H groups in total. The van der Waals surface area contributed by atoms with E-state index in [1.807, 2.05) is 0 Å². The van der Waals surface area contributed by atoms with E-state index < -0.39 is 0 Å². The molecule has 3 aliphatic rings. The van der Waals surface area contributed by atoms with Gasteiger partial charge in [-0.05, 0) is 13.0 Å². The molecule has 3 nitrogen and oxygen atoms in total. The number of hydrogen-bond donors (Lipinski definition) is 1. The number of fused-ring (bicyclic) bond motifs is 3. The van der Waals surface area contributed by atoms with Crippen LogP contribution in [-0.2, 0) is 9.47 Å². The van der Waals surface area contributed by atoms with Crippen molar-refractivity contribution in [3.63, 3.8) is 0 Å². The summed E-state index contributed by atoms with van der Waals surface area (Å²) in [6.07, 6.45) is 1.66. The summed E-state index contributed by atoms with van der Waals surface area (Å²) in [6, 6.07) is 0. The van der Waals surface area contributed by atoms with Gasteiger partial charge in [0.05, 0.1) is 5.41 Å². The van der Waals surface area contributed by atoms with Crippen LogP contribution < -0.4 is 5.32 Å². The fourth-order valence-corrected chi connectivity index (χ4v) is 2.40. The molecule has 0 aromatic rings. The van der Waals surface area contributed by atoms with Gasteiger partial charge in [-0.3, -0.25) is 0 Å². The molecular formula is C7H11NO2. The monoisotopic (exact) mass is 141 g/mol. The first-order valence-corrected chi connectivity index (χ1v) is 3.79. The fourth-order valence-electron chi connectivity index (χ4n) is 2.40. The molecule has 0 radical (unpaired) electrons. The third-order valence-electron chi connectivity index (χ3n) is 3.18. The lowest BCUT2D eigenvalue weighted by atomic mass is 10.0. The van der Waals surface area contributed by atoms with Crippen molar-refractivity contribution in [3.05, 3.63) is 0 Å². The van der Waals surface area contributed by atoms with Gasteiger partial charge >= 0.3 is 0 Å². The molecule has 0 aromatic heterocycles. The van der Waals surface area contributed by atoms with Gasteiger partial charge in [0.1, 0.15) is 6.10 Å². The van der Waals surface area contributed by atoms with Gasteiger partial charge in [-0.2, -0.15) is 0 Å². The summed E-state index contributed by atoms with van der Waals surface area (Å²) in [7, 11) is 1.74. The van der Waals surface area contributed by atoms with Gasteiger partial charge in [0.2, 0.25) is 5.79 Å². The molecule has 10 heavy (non-hydrogen) atoms. The van der Waals surface area contributed by atoms with Crippen molar-refractivity contribution in [3.8, 4) is 0 Å². The van der Waals surface area contributed by atoms with Gasteiger partial charge in [0.15, 0.2) is 0 Å². The minimum atomic E-state index is -0.128. The lowest BCUT2D eigenvalue weighted by Crippen LogP contribution is -2.26. The molecule has 0 amide bonds. The van der Waals surface area contributed by atoms with Crippen LogP contribution in [-0.4, -0.2) is 32.1 Å². The average molecular weight is 141 g/mol. The Morgan fingerprint density at radius 2 is 2.60 bits per heavy atom. The van der Waals surface area contributed by atoms with Crippen LogP contribution in [0.3, 0.4) is 0 Å². The molecule has 3 atom stereocenters. The number of epoxide rings is 1. The van der Waals surface area contributed by atoms with Crippen molar-refractivity contribution in [1.29, 1.82) is 0 Å². The molecule has 3 fully saturated rings. The zero-order valence-corrected chi connectivity index (χ0v) is 6.02. The van der Waals surface area contributed by atoms with Crippen LogP contribution in [0.2, 0.25) is 0 Å². The van der Waals surface area contributed by atoms with Crippen LogP contribution in [0.4, 0.5) is 0 Å². The van der Waals surface area contributed by atoms with Crippen LogP contribution in [0.5, 0.6) is 0 Å². The highest BCUT2D eigenvalue weighted by Crippen LogP contribution is 2.77. The molecule has 2 heterocycles. The average Bonchev–Trinajstić information content (AvgIpc) is 2.71. The normalized spacial score (nSPS) is 62.7. The second-order valence-corrected chi connectivity index (χ2v) is 3.45. The standard InChI is InChI=1S/C7H11NO2/c1-9-7-5(10-7)6(7)2-3-8-4-6/h5,8H,2-4H2,1H3. The number of ether oxygens (including phenoxy) is 2. The van der Waals surface area contributed by atoms with E-state index in [4.69, 9.17) is 9.47 Å². The molecule has 0 bridgehead atoms. The molecule has 3 heteroatoms. The van der Waals surface area contributed by atoms with Crippen LogP contribution in [0.15, 0.2) is 0 Å². The first-order chi connectivity index (χ1) is 4.86. The lowest BCUT2D eigenvalue weighted by molar-refractivity contribution is -0.0834. The van der Waals surface area contributed by atoms with Gasteiger partial charge in [-0.1, -0.05) is 0 Å². The minimum absolute atomic E-state index is 0.128. The Bertz CT molecular complexity index is 188. The second-order valence-electron chi connectivity index (χ2n) is 3.45. The van der Waals surface area contributed by atoms with E-state index >= 15 is 0 Å². The minimum Gasteiger partial charge on any atom is -0.350 e. The highest BCUT2D eigenvalue weighted by Gasteiger charge is 2.94. The number of nitrogens with one attached hydrogen (secondary N) is 1. The predicted octanol–water partition coefficient (Wildman–Crippen LogP) is -0.279. The third kappa shape index (κ3) is 0.325. The maximum absolute atomic E-state index is 5.32. The predicted molar refractivity (Wildman–Crippen MR) is 34.5 cm³/mol. The molecule has 3 rings (SSSR count). The van der Waals surface area contributed by atoms with E-state index in [9.17, 15) is 0 Å². The Hall–Kier alpha value is -0.120. The van der Waals surface area contributed by atoms with Gasteiger partial charge < -0.3 is 14.8 Å². The van der Waals surface area contributed by atoms with Crippen molar-refractivity contribution in [2.45, 2.75) is 18.3 Å². The quantitative estimate of drug-likeness (QED) is 0.510. The van der Waals surface area contributed by atoms with Crippen LogP contribution >= 0.6 is 0 Å². The Morgan fingerprint density at radius 3 is 3.00 bits per heavy atom. The first-order valence-electron chi connectivity index (χ1n) is 3.79. The third-order valence-corrected chi connectivity index (χ3v) is 3.18. The van der Waals surface area contributed by atoms with Crippen LogP contribution in [0.1, 0.15) is 6.42 Å². The molecule has 1 aliphatic carbocycles. The molecular weight excluding hydrogens is 130 g/mol. The number of rotatable bonds is 1.